The Labute approximate surface area is 115 Å². The van der Waals surface area contributed by atoms with E-state index in [1.165, 1.54) is 5.56 Å². The number of amides is 1. The van der Waals surface area contributed by atoms with Gasteiger partial charge < -0.3 is 15.5 Å². The molecule has 0 aliphatic carbocycles. The van der Waals surface area contributed by atoms with Crippen LogP contribution < -0.4 is 10.6 Å². The summed E-state index contributed by atoms with van der Waals surface area (Å²) < 4.78 is 0. The van der Waals surface area contributed by atoms with Crippen LogP contribution in [0.25, 0.3) is 0 Å². The number of hydrogen-bond donors (Lipinski definition) is 1. The number of rotatable bonds is 3. The average Bonchev–Trinajstić information content (AvgIpc) is 2.86. The van der Waals surface area contributed by atoms with Crippen molar-refractivity contribution in [2.45, 2.75) is 32.4 Å². The Morgan fingerprint density at radius 2 is 2.21 bits per heavy atom. The second kappa shape index (κ2) is 5.61. The van der Waals surface area contributed by atoms with Crippen molar-refractivity contribution in [3.8, 4) is 0 Å². The highest BCUT2D eigenvalue weighted by molar-refractivity contribution is 5.86. The molecule has 1 fully saturated rings. The zero-order valence-corrected chi connectivity index (χ0v) is 12.0. The van der Waals surface area contributed by atoms with Crippen molar-refractivity contribution in [3.63, 3.8) is 0 Å². The van der Waals surface area contributed by atoms with Crippen molar-refractivity contribution < 1.29 is 4.79 Å². The summed E-state index contributed by atoms with van der Waals surface area (Å²) in [6.45, 7) is 3.51. The molecule has 4 nitrogen and oxygen atoms in total. The van der Waals surface area contributed by atoms with E-state index in [0.717, 1.165) is 30.6 Å². The molecule has 1 unspecified atom stereocenters. The first-order valence-corrected chi connectivity index (χ1v) is 6.82. The van der Waals surface area contributed by atoms with Crippen LogP contribution in [0.5, 0.6) is 0 Å². The number of hydrogen-bond acceptors (Lipinski definition) is 3. The van der Waals surface area contributed by atoms with E-state index in [4.69, 9.17) is 5.73 Å². The summed E-state index contributed by atoms with van der Waals surface area (Å²) in [5, 5.41) is 0. The van der Waals surface area contributed by atoms with Gasteiger partial charge in [-0.15, -0.1) is 0 Å². The number of likely N-dealkylation sites (N-methyl/N-ethyl adjacent to an activating group) is 1. The lowest BCUT2D eigenvalue weighted by atomic mass is 10.1. The van der Waals surface area contributed by atoms with Gasteiger partial charge in [0.1, 0.15) is 6.04 Å². The molecule has 2 rings (SSSR count). The molecular formula is C15H23N3O. The average molecular weight is 261 g/mol. The van der Waals surface area contributed by atoms with E-state index in [9.17, 15) is 4.79 Å². The molecule has 104 valence electrons. The topological polar surface area (TPSA) is 49.6 Å². The quantitative estimate of drug-likeness (QED) is 0.897. The van der Waals surface area contributed by atoms with E-state index in [1.807, 2.05) is 14.1 Å². The van der Waals surface area contributed by atoms with Crippen molar-refractivity contribution in [3.05, 3.63) is 29.3 Å². The van der Waals surface area contributed by atoms with Crippen LogP contribution in [0.15, 0.2) is 18.2 Å². The molecule has 0 spiro atoms. The highest BCUT2D eigenvalue weighted by atomic mass is 16.2. The fraction of sp³-hybridized carbons (Fsp3) is 0.533. The van der Waals surface area contributed by atoms with Crippen LogP contribution in [0.2, 0.25) is 0 Å². The Hall–Kier alpha value is -1.55. The molecule has 0 radical (unpaired) electrons. The van der Waals surface area contributed by atoms with Gasteiger partial charge in [-0.1, -0.05) is 17.7 Å². The Kier molecular flexibility index (Phi) is 4.10. The molecule has 2 N–H and O–H groups in total. The maximum atomic E-state index is 12.2. The SMILES string of the molecule is Cc1ccc(N2CCCC2C(=O)N(C)C)c(CN)c1. The summed E-state index contributed by atoms with van der Waals surface area (Å²) in [5.41, 5.74) is 9.29. The molecule has 1 aromatic carbocycles. The zero-order chi connectivity index (χ0) is 14.0. The monoisotopic (exact) mass is 261 g/mol. The standard InChI is InChI=1S/C15H23N3O/c1-11-6-7-13(12(9-11)10-16)18-8-4-5-14(18)15(19)17(2)3/h6-7,9,14H,4-5,8,10,16H2,1-3H3. The molecule has 1 amide bonds. The molecule has 19 heavy (non-hydrogen) atoms. The molecule has 0 aromatic heterocycles. The minimum atomic E-state index is -0.0389. The van der Waals surface area contributed by atoms with Gasteiger partial charge in [-0.2, -0.15) is 0 Å². The predicted octanol–water partition coefficient (Wildman–Crippen LogP) is 1.51. The minimum absolute atomic E-state index is 0.0389. The minimum Gasteiger partial charge on any atom is -0.359 e. The van der Waals surface area contributed by atoms with Crippen molar-refractivity contribution >= 4 is 11.6 Å². The van der Waals surface area contributed by atoms with E-state index in [2.05, 4.69) is 30.0 Å². The lowest BCUT2D eigenvalue weighted by Crippen LogP contribution is -2.43. The molecule has 0 bridgehead atoms. The summed E-state index contributed by atoms with van der Waals surface area (Å²) >= 11 is 0. The maximum Gasteiger partial charge on any atom is 0.244 e. The Balaban J connectivity index is 2.32. The lowest BCUT2D eigenvalue weighted by Gasteiger charge is -2.29. The van der Waals surface area contributed by atoms with Gasteiger partial charge in [-0.25, -0.2) is 0 Å². The van der Waals surface area contributed by atoms with Gasteiger partial charge >= 0.3 is 0 Å². The molecule has 4 heteroatoms. The third kappa shape index (κ3) is 2.73. The normalized spacial score (nSPS) is 18.7. The summed E-state index contributed by atoms with van der Waals surface area (Å²) in [5.74, 6) is 0.182. The van der Waals surface area contributed by atoms with Gasteiger partial charge in [-0.05, 0) is 31.4 Å². The molecular weight excluding hydrogens is 238 g/mol. The molecule has 1 saturated heterocycles. The number of carbonyl (C=O) groups is 1. The second-order valence-electron chi connectivity index (χ2n) is 5.42. The maximum absolute atomic E-state index is 12.2. The highest BCUT2D eigenvalue weighted by Gasteiger charge is 2.32. The van der Waals surface area contributed by atoms with Crippen LogP contribution in [-0.4, -0.2) is 37.5 Å². The Bertz CT molecular complexity index is 470. The Morgan fingerprint density at radius 1 is 1.47 bits per heavy atom. The van der Waals surface area contributed by atoms with Gasteiger partial charge in [0.15, 0.2) is 0 Å². The molecule has 1 atom stereocenters. The van der Waals surface area contributed by atoms with E-state index >= 15 is 0 Å². The summed E-state index contributed by atoms with van der Waals surface area (Å²) in [6.07, 6.45) is 1.98. The molecule has 1 aliphatic heterocycles. The smallest absolute Gasteiger partial charge is 0.244 e. The van der Waals surface area contributed by atoms with Crippen LogP contribution in [0.4, 0.5) is 5.69 Å². The van der Waals surface area contributed by atoms with Gasteiger partial charge in [0, 0.05) is 32.9 Å². The van der Waals surface area contributed by atoms with Crippen molar-refractivity contribution in [1.82, 2.24) is 4.90 Å². The molecule has 0 saturated carbocycles. The van der Waals surface area contributed by atoms with Gasteiger partial charge in [0.25, 0.3) is 0 Å². The first kappa shape index (κ1) is 13.9. The number of nitrogens with zero attached hydrogens (tertiary/aromatic N) is 2. The van der Waals surface area contributed by atoms with Crippen molar-refractivity contribution in [2.75, 3.05) is 25.5 Å². The van der Waals surface area contributed by atoms with Crippen LogP contribution in [0, 0.1) is 6.92 Å². The third-order valence-electron chi connectivity index (χ3n) is 3.74. The van der Waals surface area contributed by atoms with Gasteiger partial charge in [-0.3, -0.25) is 4.79 Å². The van der Waals surface area contributed by atoms with E-state index < -0.39 is 0 Å². The van der Waals surface area contributed by atoms with Crippen molar-refractivity contribution in [1.29, 1.82) is 0 Å². The lowest BCUT2D eigenvalue weighted by molar-refractivity contribution is -0.129. The molecule has 1 heterocycles. The van der Waals surface area contributed by atoms with Gasteiger partial charge in [0.05, 0.1) is 0 Å². The van der Waals surface area contributed by atoms with Crippen LogP contribution in [0.3, 0.4) is 0 Å². The molecule has 1 aliphatic rings. The summed E-state index contributed by atoms with van der Waals surface area (Å²) in [6, 6.07) is 6.26. The first-order chi connectivity index (χ1) is 9.04. The van der Waals surface area contributed by atoms with E-state index in [1.54, 1.807) is 4.90 Å². The summed E-state index contributed by atoms with van der Waals surface area (Å²) in [7, 11) is 3.63. The zero-order valence-electron chi connectivity index (χ0n) is 12.0. The third-order valence-corrected chi connectivity index (χ3v) is 3.74. The fourth-order valence-electron chi connectivity index (χ4n) is 2.77. The van der Waals surface area contributed by atoms with Crippen LogP contribution >= 0.6 is 0 Å². The largest absolute Gasteiger partial charge is 0.359 e. The van der Waals surface area contributed by atoms with Crippen LogP contribution in [0.1, 0.15) is 24.0 Å². The number of anilines is 1. The fourth-order valence-corrected chi connectivity index (χ4v) is 2.77. The molecule has 1 aromatic rings. The second-order valence-corrected chi connectivity index (χ2v) is 5.42. The number of nitrogens with two attached hydrogens (primary N) is 1. The number of carbonyl (C=O) groups excluding carboxylic acids is 1. The van der Waals surface area contributed by atoms with Crippen LogP contribution in [-0.2, 0) is 11.3 Å². The highest BCUT2D eigenvalue weighted by Crippen LogP contribution is 2.30. The Morgan fingerprint density at radius 3 is 2.84 bits per heavy atom. The predicted molar refractivity (Wildman–Crippen MR) is 78.1 cm³/mol. The summed E-state index contributed by atoms with van der Waals surface area (Å²) in [4.78, 5) is 16.1. The number of aryl methyl sites for hydroxylation is 1. The number of benzene rings is 1. The van der Waals surface area contributed by atoms with Gasteiger partial charge in [0.2, 0.25) is 5.91 Å². The first-order valence-electron chi connectivity index (χ1n) is 6.82. The van der Waals surface area contributed by atoms with E-state index in [-0.39, 0.29) is 11.9 Å². The van der Waals surface area contributed by atoms with E-state index in [0.29, 0.717) is 6.54 Å². The van der Waals surface area contributed by atoms with Crippen molar-refractivity contribution in [2.24, 2.45) is 5.73 Å².